The summed E-state index contributed by atoms with van der Waals surface area (Å²) in [5.74, 6) is 0.839. The van der Waals surface area contributed by atoms with E-state index < -0.39 is 0 Å². The molecule has 3 nitrogen and oxygen atoms in total. The van der Waals surface area contributed by atoms with Gasteiger partial charge in [0.1, 0.15) is 5.82 Å². The number of fused-ring (bicyclic) bond motifs is 1. The van der Waals surface area contributed by atoms with E-state index in [-0.39, 0.29) is 0 Å². The minimum absolute atomic E-state index is 0.444. The quantitative estimate of drug-likeness (QED) is 0.396. The maximum atomic E-state index is 4.95. The van der Waals surface area contributed by atoms with Crippen molar-refractivity contribution in [1.82, 2.24) is 9.97 Å². The highest BCUT2D eigenvalue weighted by atomic mass is 14.9. The zero-order valence-corrected chi connectivity index (χ0v) is 16.5. The Hall–Kier alpha value is -3.20. The van der Waals surface area contributed by atoms with Crippen LogP contribution in [0.2, 0.25) is 0 Å². The summed E-state index contributed by atoms with van der Waals surface area (Å²) in [6.45, 7) is 0. The number of nitrogens with one attached hydrogen (secondary N) is 1. The summed E-state index contributed by atoms with van der Waals surface area (Å²) >= 11 is 0. The van der Waals surface area contributed by atoms with Crippen molar-refractivity contribution in [1.29, 1.82) is 0 Å². The van der Waals surface area contributed by atoms with Crippen LogP contribution in [0.5, 0.6) is 0 Å². The van der Waals surface area contributed by atoms with Crippen molar-refractivity contribution in [3.63, 3.8) is 0 Å². The summed E-state index contributed by atoms with van der Waals surface area (Å²) in [4.78, 5) is 13.3. The molecule has 0 amide bonds. The van der Waals surface area contributed by atoms with Gasteiger partial charge in [-0.1, -0.05) is 92.1 Å². The Morgan fingerprint density at radius 3 is 2.07 bits per heavy atom. The van der Waals surface area contributed by atoms with Crippen molar-refractivity contribution >= 4 is 17.2 Å². The average molecular weight is 380 g/mol. The molecule has 0 bridgehead atoms. The normalized spacial score (nSPS) is 15.3. The third-order valence-corrected chi connectivity index (χ3v) is 5.82. The first-order valence-electron chi connectivity index (χ1n) is 10.6. The Balaban J connectivity index is 1.62. The molecule has 1 N–H and O–H groups in total. The Bertz CT molecular complexity index is 1040. The number of benzene rings is 3. The van der Waals surface area contributed by atoms with Crippen molar-refractivity contribution in [2.45, 2.75) is 38.1 Å². The summed E-state index contributed by atoms with van der Waals surface area (Å²) in [5, 5.41) is 0. The van der Waals surface area contributed by atoms with Crippen LogP contribution in [0, 0.1) is 0 Å². The highest BCUT2D eigenvalue weighted by Crippen LogP contribution is 2.34. The highest BCUT2D eigenvalue weighted by Gasteiger charge is 2.15. The first kappa shape index (κ1) is 17.9. The number of aromatic nitrogens is 2. The van der Waals surface area contributed by atoms with Gasteiger partial charge in [0.25, 0.3) is 0 Å². The second kappa shape index (κ2) is 8.04. The van der Waals surface area contributed by atoms with E-state index >= 15 is 0 Å². The molecule has 0 unspecified atom stereocenters. The topological polar surface area (TPSA) is 41.0 Å². The number of hydrogen-bond acceptors (Lipinski definition) is 2. The van der Waals surface area contributed by atoms with Crippen LogP contribution in [0.1, 0.15) is 37.9 Å². The van der Waals surface area contributed by atoms with E-state index in [0.29, 0.717) is 6.04 Å². The molecule has 0 saturated heterocycles. The molecule has 0 radical (unpaired) electrons. The first-order valence-corrected chi connectivity index (χ1v) is 10.6. The zero-order chi connectivity index (χ0) is 19.5. The molecule has 3 heteroatoms. The van der Waals surface area contributed by atoms with Gasteiger partial charge in [-0.25, -0.2) is 4.98 Å². The van der Waals surface area contributed by atoms with Crippen molar-refractivity contribution in [3.05, 3.63) is 78.6 Å². The van der Waals surface area contributed by atoms with Gasteiger partial charge in [-0.15, -0.1) is 0 Å². The second-order valence-corrected chi connectivity index (χ2v) is 7.81. The lowest BCUT2D eigenvalue weighted by Crippen LogP contribution is -2.09. The molecule has 5 rings (SSSR count). The fourth-order valence-electron chi connectivity index (χ4n) is 4.29. The number of H-pyrrole nitrogens is 1. The Labute approximate surface area is 171 Å². The molecule has 1 aromatic heterocycles. The molecule has 0 atom stereocenters. The number of aliphatic imine (C=N–C) groups is 1. The van der Waals surface area contributed by atoms with E-state index in [1.165, 1.54) is 48.8 Å². The molecular formula is C26H25N3. The van der Waals surface area contributed by atoms with E-state index in [4.69, 9.17) is 9.98 Å². The van der Waals surface area contributed by atoms with Crippen LogP contribution in [0.15, 0.2) is 77.8 Å². The van der Waals surface area contributed by atoms with Gasteiger partial charge in [0.15, 0.2) is 0 Å². The van der Waals surface area contributed by atoms with Gasteiger partial charge in [-0.05, 0) is 24.0 Å². The zero-order valence-electron chi connectivity index (χ0n) is 16.5. The van der Waals surface area contributed by atoms with E-state index in [0.717, 1.165) is 22.4 Å². The fraction of sp³-hybridized carbons (Fsp3) is 0.231. The maximum Gasteiger partial charge on any atom is 0.149 e. The predicted molar refractivity (Wildman–Crippen MR) is 121 cm³/mol. The number of aromatic amines is 1. The van der Waals surface area contributed by atoms with E-state index in [1.807, 2.05) is 18.3 Å². The lowest BCUT2D eigenvalue weighted by molar-refractivity contribution is 0.444. The Morgan fingerprint density at radius 2 is 1.38 bits per heavy atom. The fourth-order valence-corrected chi connectivity index (χ4v) is 4.29. The van der Waals surface area contributed by atoms with Crippen LogP contribution in [-0.4, -0.2) is 22.2 Å². The van der Waals surface area contributed by atoms with Crippen LogP contribution in [-0.2, 0) is 0 Å². The molecule has 3 aromatic carbocycles. The number of hydrogen-bond donors (Lipinski definition) is 1. The second-order valence-electron chi connectivity index (χ2n) is 7.81. The molecule has 1 aliphatic rings. The molecule has 29 heavy (non-hydrogen) atoms. The van der Waals surface area contributed by atoms with Crippen LogP contribution < -0.4 is 0 Å². The third-order valence-electron chi connectivity index (χ3n) is 5.82. The summed E-state index contributed by atoms with van der Waals surface area (Å²) in [6, 6.07) is 25.8. The standard InChI is InChI=1S/C26H25N3/c1-4-10-19(11-5-1)22-16-17-23(20-12-6-2-7-13-20)26-25(22)28-24(29-26)18-27-21-14-8-3-9-15-21/h1-2,4-7,10-13,16-18,21H,3,8-9,14-15H2,(H,28,29)/b27-18+. The van der Waals surface area contributed by atoms with E-state index in [9.17, 15) is 0 Å². The van der Waals surface area contributed by atoms with Crippen LogP contribution in [0.4, 0.5) is 0 Å². The average Bonchev–Trinajstić information content (AvgIpc) is 3.23. The molecule has 144 valence electrons. The monoisotopic (exact) mass is 379 g/mol. The van der Waals surface area contributed by atoms with E-state index in [1.54, 1.807) is 0 Å². The smallest absolute Gasteiger partial charge is 0.149 e. The van der Waals surface area contributed by atoms with Crippen molar-refractivity contribution in [3.8, 4) is 22.3 Å². The van der Waals surface area contributed by atoms with Gasteiger partial charge < -0.3 is 4.98 Å². The van der Waals surface area contributed by atoms with Gasteiger partial charge in [0.2, 0.25) is 0 Å². The largest absolute Gasteiger partial charge is 0.337 e. The predicted octanol–water partition coefficient (Wildman–Crippen LogP) is 6.65. The summed E-state index contributed by atoms with van der Waals surface area (Å²) < 4.78 is 0. The van der Waals surface area contributed by atoms with Gasteiger partial charge in [-0.2, -0.15) is 0 Å². The minimum Gasteiger partial charge on any atom is -0.337 e. The summed E-state index contributed by atoms with van der Waals surface area (Å²) in [5.41, 5.74) is 6.76. The molecule has 0 aliphatic heterocycles. The maximum absolute atomic E-state index is 4.95. The van der Waals surface area contributed by atoms with Crippen LogP contribution in [0.3, 0.4) is 0 Å². The highest BCUT2D eigenvalue weighted by molar-refractivity contribution is 6.02. The SMILES string of the molecule is C(=N\C1CCCCC1)/c1nc2c(-c3ccccc3)ccc(-c3ccccc3)c2[nH]1. The van der Waals surface area contributed by atoms with Crippen molar-refractivity contribution < 1.29 is 0 Å². The molecule has 0 spiro atoms. The molecule has 1 heterocycles. The lowest BCUT2D eigenvalue weighted by Gasteiger charge is -2.16. The van der Waals surface area contributed by atoms with Crippen molar-refractivity contribution in [2.24, 2.45) is 4.99 Å². The van der Waals surface area contributed by atoms with Gasteiger partial charge in [0, 0.05) is 11.1 Å². The third kappa shape index (κ3) is 3.73. The first-order chi connectivity index (χ1) is 14.4. The van der Waals surface area contributed by atoms with E-state index in [2.05, 4.69) is 65.6 Å². The summed E-state index contributed by atoms with van der Waals surface area (Å²) in [7, 11) is 0. The Kier molecular flexibility index (Phi) is 4.95. The van der Waals surface area contributed by atoms with Gasteiger partial charge >= 0.3 is 0 Å². The minimum atomic E-state index is 0.444. The number of nitrogens with zero attached hydrogens (tertiary/aromatic N) is 2. The lowest BCUT2D eigenvalue weighted by atomic mass is 9.96. The molecular weight excluding hydrogens is 354 g/mol. The Morgan fingerprint density at radius 1 is 0.759 bits per heavy atom. The van der Waals surface area contributed by atoms with Crippen LogP contribution >= 0.6 is 0 Å². The van der Waals surface area contributed by atoms with Crippen LogP contribution in [0.25, 0.3) is 33.3 Å². The molecule has 1 fully saturated rings. The molecule has 1 saturated carbocycles. The number of rotatable bonds is 4. The molecule has 4 aromatic rings. The van der Waals surface area contributed by atoms with Crippen molar-refractivity contribution in [2.75, 3.05) is 0 Å². The van der Waals surface area contributed by atoms with Gasteiger partial charge in [0.05, 0.1) is 23.3 Å². The van der Waals surface area contributed by atoms with Gasteiger partial charge in [-0.3, -0.25) is 4.99 Å². The summed E-state index contributed by atoms with van der Waals surface area (Å²) in [6.07, 6.45) is 8.26. The number of imidazole rings is 1. The molecule has 1 aliphatic carbocycles.